The van der Waals surface area contributed by atoms with E-state index < -0.39 is 0 Å². The average Bonchev–Trinajstić information content (AvgIpc) is 2.57. The molecule has 1 heteroatoms. The van der Waals surface area contributed by atoms with Crippen LogP contribution in [-0.2, 0) is 0 Å². The van der Waals surface area contributed by atoms with Gasteiger partial charge in [0, 0.05) is 11.8 Å². The Bertz CT molecular complexity index is 259. The van der Waals surface area contributed by atoms with Gasteiger partial charge in [0.1, 0.15) is 0 Å². The van der Waals surface area contributed by atoms with Gasteiger partial charge in [0.2, 0.25) is 0 Å². The molecule has 1 aliphatic rings. The van der Waals surface area contributed by atoms with Crippen LogP contribution in [0.15, 0.2) is 0 Å². The maximum Gasteiger partial charge on any atom is 0.0682 e. The Hall–Kier alpha value is -0.480. The fourth-order valence-electron chi connectivity index (χ4n) is 1.73. The van der Waals surface area contributed by atoms with Gasteiger partial charge in [-0.25, -0.2) is 0 Å². The molecule has 0 spiro atoms. The zero-order chi connectivity index (χ0) is 11.0. The molecule has 0 radical (unpaired) electrons. The highest BCUT2D eigenvalue weighted by Gasteiger charge is 2.49. The average molecular weight is 194 g/mol. The molecule has 2 unspecified atom stereocenters. The molecule has 0 aromatic carbocycles. The Balaban J connectivity index is 2.35. The minimum atomic E-state index is -0.222. The smallest absolute Gasteiger partial charge is 0.0682 e. The van der Waals surface area contributed by atoms with Gasteiger partial charge in [0.25, 0.3) is 0 Å². The predicted octanol–water partition coefficient (Wildman–Crippen LogP) is 2.83. The molecule has 1 aliphatic carbocycles. The summed E-state index contributed by atoms with van der Waals surface area (Å²) in [6.45, 7) is 10.7. The maximum absolute atomic E-state index is 9.82. The fraction of sp³-hybridized carbons (Fsp3) is 0.846. The second-order valence-corrected chi connectivity index (χ2v) is 6.12. The molecule has 14 heavy (non-hydrogen) atoms. The Labute approximate surface area is 87.9 Å². The van der Waals surface area contributed by atoms with E-state index >= 15 is 0 Å². The first-order valence-corrected chi connectivity index (χ1v) is 5.40. The van der Waals surface area contributed by atoms with Gasteiger partial charge in [-0.15, -0.1) is 5.92 Å². The van der Waals surface area contributed by atoms with Crippen LogP contribution in [-0.4, -0.2) is 11.2 Å². The summed E-state index contributed by atoms with van der Waals surface area (Å²) < 4.78 is 0. The van der Waals surface area contributed by atoms with E-state index in [0.717, 1.165) is 6.42 Å². The van der Waals surface area contributed by atoms with E-state index in [1.807, 2.05) is 0 Å². The van der Waals surface area contributed by atoms with Gasteiger partial charge in [-0.2, -0.15) is 0 Å². The normalized spacial score (nSPS) is 26.3. The highest BCUT2D eigenvalue weighted by molar-refractivity contribution is 5.10. The number of aliphatic hydroxyl groups is 1. The summed E-state index contributed by atoms with van der Waals surface area (Å²) in [4.78, 5) is 0. The van der Waals surface area contributed by atoms with E-state index in [1.165, 1.54) is 0 Å². The van der Waals surface area contributed by atoms with Crippen LogP contribution in [0.25, 0.3) is 0 Å². The number of rotatable bonds is 2. The fourth-order valence-corrected chi connectivity index (χ4v) is 1.73. The van der Waals surface area contributed by atoms with E-state index in [4.69, 9.17) is 0 Å². The zero-order valence-corrected chi connectivity index (χ0v) is 10.0. The largest absolute Gasteiger partial charge is 0.392 e. The Morgan fingerprint density at radius 2 is 1.93 bits per heavy atom. The van der Waals surface area contributed by atoms with Crippen molar-refractivity contribution >= 4 is 0 Å². The van der Waals surface area contributed by atoms with Gasteiger partial charge in [-0.3, -0.25) is 0 Å². The molecule has 1 saturated carbocycles. The van der Waals surface area contributed by atoms with Gasteiger partial charge in [0.15, 0.2) is 0 Å². The number of hydrogen-bond acceptors (Lipinski definition) is 1. The number of hydrogen-bond donors (Lipinski definition) is 1. The zero-order valence-electron chi connectivity index (χ0n) is 10.0. The second-order valence-electron chi connectivity index (χ2n) is 6.12. The topological polar surface area (TPSA) is 20.2 Å². The summed E-state index contributed by atoms with van der Waals surface area (Å²) in [5, 5.41) is 9.82. The highest BCUT2D eigenvalue weighted by Crippen LogP contribution is 2.54. The third-order valence-electron chi connectivity index (χ3n) is 2.83. The third kappa shape index (κ3) is 3.35. The molecule has 0 aromatic heterocycles. The Kier molecular flexibility index (Phi) is 2.97. The lowest BCUT2D eigenvalue weighted by molar-refractivity contribution is 0.141. The van der Waals surface area contributed by atoms with Crippen LogP contribution < -0.4 is 0 Å². The van der Waals surface area contributed by atoms with Crippen LogP contribution in [0.4, 0.5) is 0 Å². The summed E-state index contributed by atoms with van der Waals surface area (Å²) in [6.07, 6.45) is 1.55. The molecule has 0 bridgehead atoms. The summed E-state index contributed by atoms with van der Waals surface area (Å²) in [5.74, 6) is 6.71. The maximum atomic E-state index is 9.82. The van der Waals surface area contributed by atoms with Crippen LogP contribution in [0, 0.1) is 28.6 Å². The van der Waals surface area contributed by atoms with E-state index in [2.05, 4.69) is 46.5 Å². The van der Waals surface area contributed by atoms with Crippen LogP contribution in [0.1, 0.15) is 47.5 Å². The molecule has 0 amide bonds. The van der Waals surface area contributed by atoms with Crippen molar-refractivity contribution in [1.29, 1.82) is 0 Å². The van der Waals surface area contributed by atoms with Gasteiger partial charge in [-0.1, -0.05) is 19.8 Å². The lowest BCUT2D eigenvalue weighted by atomic mass is 9.97. The van der Waals surface area contributed by atoms with Gasteiger partial charge in [0.05, 0.1) is 6.10 Å². The molecule has 1 rings (SSSR count). The predicted molar refractivity (Wildman–Crippen MR) is 59.7 cm³/mol. The molecule has 0 aliphatic heterocycles. The molecule has 0 saturated heterocycles. The molecule has 80 valence electrons. The second kappa shape index (κ2) is 3.59. The molecule has 1 nitrogen and oxygen atoms in total. The standard InChI is InChI=1S/C13H22O/c1-12(2,3)8-6-7-11(14)10-9-13(10,4)5/h10-11,14H,7,9H2,1-5H3. The van der Waals surface area contributed by atoms with Crippen molar-refractivity contribution in [3.63, 3.8) is 0 Å². The summed E-state index contributed by atoms with van der Waals surface area (Å²) in [7, 11) is 0. The van der Waals surface area contributed by atoms with E-state index in [-0.39, 0.29) is 11.5 Å². The van der Waals surface area contributed by atoms with Crippen molar-refractivity contribution in [1.82, 2.24) is 0 Å². The van der Waals surface area contributed by atoms with Crippen molar-refractivity contribution in [2.75, 3.05) is 0 Å². The van der Waals surface area contributed by atoms with Crippen molar-refractivity contribution in [3.05, 3.63) is 0 Å². The minimum Gasteiger partial charge on any atom is -0.392 e. The Morgan fingerprint density at radius 3 is 2.29 bits per heavy atom. The summed E-state index contributed by atoms with van der Waals surface area (Å²) in [6, 6.07) is 0. The summed E-state index contributed by atoms with van der Waals surface area (Å²) >= 11 is 0. The molecule has 0 heterocycles. The lowest BCUT2D eigenvalue weighted by Gasteiger charge is -2.10. The first-order valence-electron chi connectivity index (χ1n) is 5.40. The molecule has 1 N–H and O–H groups in total. The first kappa shape index (κ1) is 11.6. The number of aliphatic hydroxyl groups excluding tert-OH is 1. The lowest BCUT2D eigenvalue weighted by Crippen LogP contribution is -2.12. The van der Waals surface area contributed by atoms with Crippen molar-refractivity contribution in [3.8, 4) is 11.8 Å². The third-order valence-corrected chi connectivity index (χ3v) is 2.83. The van der Waals surface area contributed by atoms with Gasteiger partial charge >= 0.3 is 0 Å². The van der Waals surface area contributed by atoms with Crippen LogP contribution in [0.3, 0.4) is 0 Å². The molecular formula is C13H22O. The molecule has 0 aromatic rings. The van der Waals surface area contributed by atoms with E-state index in [9.17, 15) is 5.11 Å². The molecule has 1 fully saturated rings. The monoisotopic (exact) mass is 194 g/mol. The van der Waals surface area contributed by atoms with E-state index in [0.29, 0.717) is 17.8 Å². The molecule has 2 atom stereocenters. The van der Waals surface area contributed by atoms with E-state index in [1.54, 1.807) is 0 Å². The van der Waals surface area contributed by atoms with Gasteiger partial charge < -0.3 is 5.11 Å². The first-order chi connectivity index (χ1) is 6.22. The van der Waals surface area contributed by atoms with Crippen LogP contribution in [0.5, 0.6) is 0 Å². The Morgan fingerprint density at radius 1 is 1.43 bits per heavy atom. The SMILES string of the molecule is CC(C)(C)C#CCC(O)C1CC1(C)C. The highest BCUT2D eigenvalue weighted by atomic mass is 16.3. The van der Waals surface area contributed by atoms with Crippen LogP contribution >= 0.6 is 0 Å². The van der Waals surface area contributed by atoms with Crippen molar-refractivity contribution in [2.24, 2.45) is 16.7 Å². The van der Waals surface area contributed by atoms with Crippen molar-refractivity contribution < 1.29 is 5.11 Å². The van der Waals surface area contributed by atoms with Crippen molar-refractivity contribution in [2.45, 2.75) is 53.6 Å². The minimum absolute atomic E-state index is 0.0544. The molecular weight excluding hydrogens is 172 g/mol. The quantitative estimate of drug-likeness (QED) is 0.670. The summed E-state index contributed by atoms with van der Waals surface area (Å²) in [5.41, 5.74) is 0.404. The van der Waals surface area contributed by atoms with Crippen LogP contribution in [0.2, 0.25) is 0 Å². The van der Waals surface area contributed by atoms with Gasteiger partial charge in [-0.05, 0) is 38.5 Å².